The van der Waals surface area contributed by atoms with E-state index < -0.39 is 0 Å². The number of aryl methyl sites for hydroxylation is 2. The van der Waals surface area contributed by atoms with E-state index in [-0.39, 0.29) is 5.91 Å². The third-order valence-corrected chi connectivity index (χ3v) is 4.05. The quantitative estimate of drug-likeness (QED) is 0.618. The number of carbonyl (C=O) groups excluding carboxylic acids is 1. The summed E-state index contributed by atoms with van der Waals surface area (Å²) in [5.41, 5.74) is 5.09. The Balaban J connectivity index is 1.57. The van der Waals surface area contributed by atoms with Gasteiger partial charge >= 0.3 is 0 Å². The molecule has 0 bridgehead atoms. The SMILES string of the molecule is Cc1ccn2cc(-c3ccc(NC(=O)c4cnoc4C)cc3)nc2c1. The molecule has 6 heteroatoms. The minimum atomic E-state index is -0.241. The molecule has 1 aromatic carbocycles. The molecule has 0 aliphatic rings. The van der Waals surface area contributed by atoms with Gasteiger partial charge in [-0.3, -0.25) is 4.79 Å². The lowest BCUT2D eigenvalue weighted by atomic mass is 10.1. The fraction of sp³-hybridized carbons (Fsp3) is 0.105. The number of nitrogens with one attached hydrogen (secondary N) is 1. The average molecular weight is 332 g/mol. The van der Waals surface area contributed by atoms with Gasteiger partial charge in [0.25, 0.3) is 5.91 Å². The Labute approximate surface area is 144 Å². The number of aromatic nitrogens is 3. The van der Waals surface area contributed by atoms with E-state index in [0.717, 1.165) is 16.9 Å². The molecule has 0 saturated carbocycles. The number of amides is 1. The minimum absolute atomic E-state index is 0.241. The van der Waals surface area contributed by atoms with Crippen molar-refractivity contribution in [1.82, 2.24) is 14.5 Å². The number of pyridine rings is 1. The van der Waals surface area contributed by atoms with E-state index in [0.29, 0.717) is 17.0 Å². The number of imidazole rings is 1. The van der Waals surface area contributed by atoms with Gasteiger partial charge in [-0.25, -0.2) is 4.98 Å². The zero-order valence-electron chi connectivity index (χ0n) is 13.9. The van der Waals surface area contributed by atoms with E-state index in [1.165, 1.54) is 11.8 Å². The molecule has 0 radical (unpaired) electrons. The van der Waals surface area contributed by atoms with Gasteiger partial charge < -0.3 is 14.2 Å². The summed E-state index contributed by atoms with van der Waals surface area (Å²) in [6.45, 7) is 3.75. The minimum Gasteiger partial charge on any atom is -0.361 e. The van der Waals surface area contributed by atoms with E-state index in [1.54, 1.807) is 6.92 Å². The molecule has 0 atom stereocenters. The second-order valence-corrected chi connectivity index (χ2v) is 5.92. The molecule has 0 spiro atoms. The van der Waals surface area contributed by atoms with Gasteiger partial charge in [-0.2, -0.15) is 0 Å². The third kappa shape index (κ3) is 2.89. The summed E-state index contributed by atoms with van der Waals surface area (Å²) in [5, 5.41) is 6.45. The molecule has 1 N–H and O–H groups in total. The Morgan fingerprint density at radius 1 is 1.16 bits per heavy atom. The molecular weight excluding hydrogens is 316 g/mol. The molecule has 1 amide bonds. The van der Waals surface area contributed by atoms with Crippen LogP contribution in [0.15, 0.2) is 59.5 Å². The summed E-state index contributed by atoms with van der Waals surface area (Å²) in [4.78, 5) is 16.8. The van der Waals surface area contributed by atoms with Crippen molar-refractivity contribution in [3.8, 4) is 11.3 Å². The number of rotatable bonds is 3. The van der Waals surface area contributed by atoms with Crippen LogP contribution in [0.4, 0.5) is 5.69 Å². The smallest absolute Gasteiger partial charge is 0.260 e. The number of hydrogen-bond acceptors (Lipinski definition) is 4. The van der Waals surface area contributed by atoms with Gasteiger partial charge in [-0.05, 0) is 43.7 Å². The number of hydrogen-bond donors (Lipinski definition) is 1. The van der Waals surface area contributed by atoms with E-state index >= 15 is 0 Å². The maximum atomic E-state index is 12.2. The fourth-order valence-corrected chi connectivity index (χ4v) is 2.66. The van der Waals surface area contributed by atoms with Crippen LogP contribution in [0.3, 0.4) is 0 Å². The number of nitrogens with zero attached hydrogens (tertiary/aromatic N) is 3. The molecule has 0 unspecified atom stereocenters. The van der Waals surface area contributed by atoms with E-state index in [9.17, 15) is 4.79 Å². The van der Waals surface area contributed by atoms with Crippen LogP contribution in [0.25, 0.3) is 16.9 Å². The number of benzene rings is 1. The second kappa shape index (κ2) is 5.90. The summed E-state index contributed by atoms with van der Waals surface area (Å²) >= 11 is 0. The third-order valence-electron chi connectivity index (χ3n) is 4.05. The predicted molar refractivity (Wildman–Crippen MR) is 94.6 cm³/mol. The van der Waals surface area contributed by atoms with Gasteiger partial charge in [0.2, 0.25) is 0 Å². The van der Waals surface area contributed by atoms with Crippen molar-refractivity contribution in [2.45, 2.75) is 13.8 Å². The first kappa shape index (κ1) is 15.1. The largest absolute Gasteiger partial charge is 0.361 e. The molecule has 124 valence electrons. The Hall–Kier alpha value is -3.41. The highest BCUT2D eigenvalue weighted by Crippen LogP contribution is 2.22. The van der Waals surface area contributed by atoms with Gasteiger partial charge in [-0.1, -0.05) is 17.3 Å². The van der Waals surface area contributed by atoms with Crippen molar-refractivity contribution in [3.05, 3.63) is 71.9 Å². The second-order valence-electron chi connectivity index (χ2n) is 5.92. The maximum Gasteiger partial charge on any atom is 0.260 e. The monoisotopic (exact) mass is 332 g/mol. The highest BCUT2D eigenvalue weighted by Gasteiger charge is 2.13. The molecule has 3 heterocycles. The lowest BCUT2D eigenvalue weighted by Crippen LogP contribution is -2.11. The molecule has 6 nitrogen and oxygen atoms in total. The van der Waals surface area contributed by atoms with Crippen molar-refractivity contribution in [3.63, 3.8) is 0 Å². The molecule has 0 aliphatic carbocycles. The summed E-state index contributed by atoms with van der Waals surface area (Å²) in [6.07, 6.45) is 5.40. The molecular formula is C19H16N4O2. The lowest BCUT2D eigenvalue weighted by Gasteiger charge is -2.04. The summed E-state index contributed by atoms with van der Waals surface area (Å²) in [5.74, 6) is 0.254. The lowest BCUT2D eigenvalue weighted by molar-refractivity contribution is 0.102. The Morgan fingerprint density at radius 3 is 2.68 bits per heavy atom. The van der Waals surface area contributed by atoms with Crippen molar-refractivity contribution < 1.29 is 9.32 Å². The summed E-state index contributed by atoms with van der Waals surface area (Å²) in [6, 6.07) is 11.7. The van der Waals surface area contributed by atoms with Crippen molar-refractivity contribution in [1.29, 1.82) is 0 Å². The van der Waals surface area contributed by atoms with Gasteiger partial charge in [0, 0.05) is 23.6 Å². The van der Waals surface area contributed by atoms with E-state index in [1.807, 2.05) is 60.1 Å². The van der Waals surface area contributed by atoms with Crippen LogP contribution in [0, 0.1) is 13.8 Å². The number of carbonyl (C=O) groups is 1. The van der Waals surface area contributed by atoms with Crippen LogP contribution in [0.5, 0.6) is 0 Å². The molecule has 0 aliphatic heterocycles. The highest BCUT2D eigenvalue weighted by atomic mass is 16.5. The van der Waals surface area contributed by atoms with Crippen LogP contribution in [0.1, 0.15) is 21.7 Å². The van der Waals surface area contributed by atoms with Gasteiger partial charge in [0.1, 0.15) is 17.0 Å². The zero-order chi connectivity index (χ0) is 17.4. The first-order chi connectivity index (χ1) is 12.1. The topological polar surface area (TPSA) is 72.4 Å². The maximum absolute atomic E-state index is 12.2. The number of anilines is 1. The molecule has 0 saturated heterocycles. The Morgan fingerprint density at radius 2 is 1.96 bits per heavy atom. The molecule has 3 aromatic heterocycles. The van der Waals surface area contributed by atoms with E-state index in [4.69, 9.17) is 4.52 Å². The fourth-order valence-electron chi connectivity index (χ4n) is 2.66. The summed E-state index contributed by atoms with van der Waals surface area (Å²) in [7, 11) is 0. The summed E-state index contributed by atoms with van der Waals surface area (Å²) < 4.78 is 6.91. The van der Waals surface area contributed by atoms with E-state index in [2.05, 4.69) is 15.5 Å². The number of fused-ring (bicyclic) bond motifs is 1. The Kier molecular flexibility index (Phi) is 3.57. The average Bonchev–Trinajstić information content (AvgIpc) is 3.21. The highest BCUT2D eigenvalue weighted by molar-refractivity contribution is 6.04. The predicted octanol–water partition coefficient (Wildman–Crippen LogP) is 3.86. The van der Waals surface area contributed by atoms with Crippen LogP contribution < -0.4 is 5.32 Å². The van der Waals surface area contributed by atoms with Crippen LogP contribution in [0.2, 0.25) is 0 Å². The van der Waals surface area contributed by atoms with Crippen LogP contribution in [-0.2, 0) is 0 Å². The van der Waals surface area contributed by atoms with Gasteiger partial charge in [0.05, 0.1) is 11.9 Å². The van der Waals surface area contributed by atoms with Gasteiger partial charge in [-0.15, -0.1) is 0 Å². The van der Waals surface area contributed by atoms with Crippen molar-refractivity contribution in [2.24, 2.45) is 0 Å². The molecule has 4 rings (SSSR count). The molecule has 4 aromatic rings. The van der Waals surface area contributed by atoms with Crippen LogP contribution in [-0.4, -0.2) is 20.4 Å². The van der Waals surface area contributed by atoms with Crippen molar-refractivity contribution >= 4 is 17.2 Å². The van der Waals surface area contributed by atoms with Crippen LogP contribution >= 0.6 is 0 Å². The first-order valence-corrected chi connectivity index (χ1v) is 7.88. The first-order valence-electron chi connectivity index (χ1n) is 7.88. The zero-order valence-corrected chi connectivity index (χ0v) is 13.9. The standard InChI is InChI=1S/C19H16N4O2/c1-12-7-8-23-11-17(22-18(23)9-12)14-3-5-15(6-4-14)21-19(24)16-10-20-25-13(16)2/h3-11H,1-2H3,(H,21,24). The molecule has 0 fully saturated rings. The van der Waals surface area contributed by atoms with Gasteiger partial charge in [0.15, 0.2) is 0 Å². The van der Waals surface area contributed by atoms with Crippen molar-refractivity contribution in [2.75, 3.05) is 5.32 Å². The molecule has 25 heavy (non-hydrogen) atoms. The Bertz CT molecular complexity index is 1060. The normalized spacial score (nSPS) is 11.0.